The van der Waals surface area contributed by atoms with E-state index >= 15 is 0 Å². The number of anilines is 1. The molecule has 0 spiro atoms. The lowest BCUT2D eigenvalue weighted by Gasteiger charge is -2.39. The van der Waals surface area contributed by atoms with Gasteiger partial charge in [0, 0.05) is 36.9 Å². The molecule has 1 aliphatic heterocycles. The summed E-state index contributed by atoms with van der Waals surface area (Å²) in [6, 6.07) is 9.54. The molecule has 1 fully saturated rings. The minimum atomic E-state index is 0.273. The summed E-state index contributed by atoms with van der Waals surface area (Å²) in [4.78, 5) is 2.46. The molecule has 1 aromatic rings. The highest BCUT2D eigenvalue weighted by atomic mass is 16.5. The van der Waals surface area contributed by atoms with E-state index in [2.05, 4.69) is 56.1 Å². The van der Waals surface area contributed by atoms with Crippen LogP contribution in [-0.4, -0.2) is 31.3 Å². The van der Waals surface area contributed by atoms with Crippen LogP contribution in [0.25, 0.3) is 0 Å². The van der Waals surface area contributed by atoms with Crippen LogP contribution in [0, 0.1) is 0 Å². The summed E-state index contributed by atoms with van der Waals surface area (Å²) in [5.41, 5.74) is 1.27. The minimum Gasteiger partial charge on any atom is -0.491 e. The third-order valence-corrected chi connectivity index (χ3v) is 3.83. The van der Waals surface area contributed by atoms with Crippen LogP contribution in [-0.2, 0) is 0 Å². The fraction of sp³-hybridized carbons (Fsp3) is 0.625. The zero-order valence-electron chi connectivity index (χ0n) is 12.5. The molecule has 0 bridgehead atoms. The Hall–Kier alpha value is -1.22. The smallest absolute Gasteiger partial charge is 0.121 e. The zero-order chi connectivity index (χ0) is 13.8. The summed E-state index contributed by atoms with van der Waals surface area (Å²) in [6.45, 7) is 10.8. The van der Waals surface area contributed by atoms with Crippen molar-refractivity contribution >= 4 is 5.69 Å². The molecule has 3 nitrogen and oxygen atoms in total. The first kappa shape index (κ1) is 14.2. The number of benzene rings is 1. The van der Waals surface area contributed by atoms with Gasteiger partial charge in [0.2, 0.25) is 0 Å². The quantitative estimate of drug-likeness (QED) is 0.902. The molecule has 3 heteroatoms. The molecule has 3 atom stereocenters. The molecule has 106 valence electrons. The monoisotopic (exact) mass is 262 g/mol. The molecular formula is C16H26N2O. The Morgan fingerprint density at radius 1 is 1.42 bits per heavy atom. The van der Waals surface area contributed by atoms with E-state index in [1.165, 1.54) is 5.69 Å². The molecule has 3 unspecified atom stereocenters. The van der Waals surface area contributed by atoms with Crippen molar-refractivity contribution in [2.24, 2.45) is 0 Å². The molecule has 1 heterocycles. The summed E-state index contributed by atoms with van der Waals surface area (Å²) in [5, 5.41) is 3.51. The van der Waals surface area contributed by atoms with Gasteiger partial charge in [-0.3, -0.25) is 0 Å². The van der Waals surface area contributed by atoms with Gasteiger partial charge in [-0.1, -0.05) is 13.0 Å². The molecule has 0 amide bonds. The summed E-state index contributed by atoms with van der Waals surface area (Å²) < 4.78 is 5.91. The van der Waals surface area contributed by atoms with Crippen LogP contribution in [0.2, 0.25) is 0 Å². The van der Waals surface area contributed by atoms with Gasteiger partial charge in [-0.15, -0.1) is 0 Å². The Kier molecular flexibility index (Phi) is 4.70. The Balaban J connectivity index is 2.13. The van der Waals surface area contributed by atoms with E-state index < -0.39 is 0 Å². The van der Waals surface area contributed by atoms with E-state index in [9.17, 15) is 0 Å². The van der Waals surface area contributed by atoms with Gasteiger partial charge < -0.3 is 15.0 Å². The second kappa shape index (κ2) is 6.29. The number of rotatable bonds is 4. The van der Waals surface area contributed by atoms with Gasteiger partial charge in [-0.05, 0) is 39.3 Å². The first-order chi connectivity index (χ1) is 9.10. The number of nitrogens with one attached hydrogen (secondary N) is 1. The Labute approximate surface area is 116 Å². The summed E-state index contributed by atoms with van der Waals surface area (Å²) in [5.74, 6) is 0.977. The molecule has 2 rings (SSSR count). The topological polar surface area (TPSA) is 24.5 Å². The van der Waals surface area contributed by atoms with E-state index in [4.69, 9.17) is 4.74 Å². The molecule has 0 aliphatic carbocycles. The third kappa shape index (κ3) is 3.63. The van der Waals surface area contributed by atoms with E-state index in [0.717, 1.165) is 25.3 Å². The van der Waals surface area contributed by atoms with E-state index in [1.807, 2.05) is 6.07 Å². The average Bonchev–Trinajstić information content (AvgIpc) is 2.41. The Morgan fingerprint density at radius 2 is 2.21 bits per heavy atom. The first-order valence-electron chi connectivity index (χ1n) is 7.37. The van der Waals surface area contributed by atoms with Crippen molar-refractivity contribution < 1.29 is 4.74 Å². The maximum absolute atomic E-state index is 5.91. The lowest BCUT2D eigenvalue weighted by atomic mass is 10.1. The highest BCUT2D eigenvalue weighted by Crippen LogP contribution is 2.25. The van der Waals surface area contributed by atoms with E-state index in [0.29, 0.717) is 12.1 Å². The molecule has 0 radical (unpaired) electrons. The lowest BCUT2D eigenvalue weighted by molar-refractivity contribution is 0.217. The SMILES string of the molecule is CCC(C)Oc1cccc(N2CC(C)NCC2C)c1. The molecule has 0 aromatic heterocycles. The van der Waals surface area contributed by atoms with Crippen LogP contribution in [0.5, 0.6) is 5.75 Å². The Bertz CT molecular complexity index is 407. The highest BCUT2D eigenvalue weighted by molar-refractivity contribution is 5.52. The van der Waals surface area contributed by atoms with Crippen LogP contribution >= 0.6 is 0 Å². The maximum Gasteiger partial charge on any atom is 0.121 e. The normalized spacial score (nSPS) is 25.2. The number of piperazine rings is 1. The van der Waals surface area contributed by atoms with Crippen molar-refractivity contribution in [3.05, 3.63) is 24.3 Å². The summed E-state index contributed by atoms with van der Waals surface area (Å²) in [6.07, 6.45) is 1.31. The van der Waals surface area contributed by atoms with Gasteiger partial charge in [0.25, 0.3) is 0 Å². The lowest BCUT2D eigenvalue weighted by Crippen LogP contribution is -2.54. The first-order valence-corrected chi connectivity index (χ1v) is 7.37. The van der Waals surface area contributed by atoms with Crippen molar-refractivity contribution in [1.29, 1.82) is 0 Å². The largest absolute Gasteiger partial charge is 0.491 e. The van der Waals surface area contributed by atoms with Gasteiger partial charge in [0.1, 0.15) is 5.75 Å². The summed E-state index contributed by atoms with van der Waals surface area (Å²) in [7, 11) is 0. The molecule has 1 aromatic carbocycles. The van der Waals surface area contributed by atoms with Gasteiger partial charge in [0.05, 0.1) is 6.10 Å². The van der Waals surface area contributed by atoms with Gasteiger partial charge in [0.15, 0.2) is 0 Å². The van der Waals surface area contributed by atoms with Crippen LogP contribution < -0.4 is 15.0 Å². The third-order valence-electron chi connectivity index (χ3n) is 3.83. The van der Waals surface area contributed by atoms with Crippen LogP contribution in [0.3, 0.4) is 0 Å². The second-order valence-electron chi connectivity index (χ2n) is 5.64. The van der Waals surface area contributed by atoms with Gasteiger partial charge in [-0.25, -0.2) is 0 Å². The fourth-order valence-corrected chi connectivity index (χ4v) is 2.43. The number of hydrogen-bond donors (Lipinski definition) is 1. The number of nitrogens with zero attached hydrogens (tertiary/aromatic N) is 1. The number of hydrogen-bond acceptors (Lipinski definition) is 3. The van der Waals surface area contributed by atoms with Gasteiger partial charge >= 0.3 is 0 Å². The Morgan fingerprint density at radius 3 is 2.95 bits per heavy atom. The molecule has 1 aliphatic rings. The predicted octanol–water partition coefficient (Wildman–Crippen LogP) is 3.05. The van der Waals surface area contributed by atoms with Crippen molar-refractivity contribution in [3.63, 3.8) is 0 Å². The fourth-order valence-electron chi connectivity index (χ4n) is 2.43. The van der Waals surface area contributed by atoms with Crippen LogP contribution in [0.1, 0.15) is 34.1 Å². The van der Waals surface area contributed by atoms with Crippen molar-refractivity contribution in [2.45, 2.75) is 52.3 Å². The van der Waals surface area contributed by atoms with Crippen molar-refractivity contribution in [1.82, 2.24) is 5.32 Å². The number of ether oxygens (including phenoxy) is 1. The van der Waals surface area contributed by atoms with Crippen molar-refractivity contribution in [3.8, 4) is 5.75 Å². The predicted molar refractivity (Wildman–Crippen MR) is 81.1 cm³/mol. The standard InChI is InChI=1S/C16H26N2O/c1-5-14(4)19-16-8-6-7-15(9-16)18-11-12(2)17-10-13(18)3/h6-9,12-14,17H,5,10-11H2,1-4H3. The minimum absolute atomic E-state index is 0.273. The molecule has 1 saturated heterocycles. The van der Waals surface area contributed by atoms with Crippen LogP contribution in [0.4, 0.5) is 5.69 Å². The van der Waals surface area contributed by atoms with E-state index in [-0.39, 0.29) is 6.10 Å². The maximum atomic E-state index is 5.91. The molecule has 1 N–H and O–H groups in total. The molecular weight excluding hydrogens is 236 g/mol. The molecule has 0 saturated carbocycles. The second-order valence-corrected chi connectivity index (χ2v) is 5.64. The van der Waals surface area contributed by atoms with E-state index in [1.54, 1.807) is 0 Å². The highest BCUT2D eigenvalue weighted by Gasteiger charge is 2.22. The van der Waals surface area contributed by atoms with Gasteiger partial charge in [-0.2, -0.15) is 0 Å². The average molecular weight is 262 g/mol. The zero-order valence-corrected chi connectivity index (χ0v) is 12.5. The van der Waals surface area contributed by atoms with Crippen LogP contribution in [0.15, 0.2) is 24.3 Å². The van der Waals surface area contributed by atoms with Crippen molar-refractivity contribution in [2.75, 3.05) is 18.0 Å². The molecule has 19 heavy (non-hydrogen) atoms. The summed E-state index contributed by atoms with van der Waals surface area (Å²) >= 11 is 0.